The Balaban J connectivity index is 5.14. The Labute approximate surface area is 492 Å². The minimum Gasteiger partial charge on any atom is -0.462 e. The maximum absolute atomic E-state index is 12.9. The Morgan fingerprint density at radius 1 is 0.346 bits per heavy atom. The Hall–Kier alpha value is -1.94. The minimum absolute atomic E-state index is 0.105. The van der Waals surface area contributed by atoms with Crippen LogP contribution >= 0.6 is 15.6 Å². The first-order valence-corrected chi connectivity index (χ1v) is 35.7. The molecule has 0 amide bonds. The van der Waals surface area contributed by atoms with Gasteiger partial charge in [-0.2, -0.15) is 0 Å². The van der Waals surface area contributed by atoms with Crippen molar-refractivity contribution < 1.29 is 80.2 Å². The molecule has 0 saturated carbocycles. The molecule has 0 aromatic heterocycles. The van der Waals surface area contributed by atoms with Crippen molar-refractivity contribution >= 4 is 39.5 Å². The van der Waals surface area contributed by atoms with Gasteiger partial charge >= 0.3 is 39.5 Å². The highest BCUT2D eigenvalue weighted by molar-refractivity contribution is 7.47. The van der Waals surface area contributed by atoms with E-state index in [2.05, 4.69) is 34.6 Å². The number of carbonyl (C=O) groups is 4. The maximum Gasteiger partial charge on any atom is 0.472 e. The zero-order valence-corrected chi connectivity index (χ0v) is 53.7. The van der Waals surface area contributed by atoms with Gasteiger partial charge in [0.05, 0.1) is 26.4 Å². The quantitative estimate of drug-likeness (QED) is 0.0222. The summed E-state index contributed by atoms with van der Waals surface area (Å²) in [4.78, 5) is 71.8. The summed E-state index contributed by atoms with van der Waals surface area (Å²) in [5.74, 6) is -1.42. The average molecular weight is 1200 g/mol. The van der Waals surface area contributed by atoms with Gasteiger partial charge in [0.1, 0.15) is 19.3 Å². The molecular weight excluding hydrogens is 1080 g/mol. The fraction of sp³-hybridized carbons (Fsp3) is 0.935. The van der Waals surface area contributed by atoms with E-state index >= 15 is 0 Å². The lowest BCUT2D eigenvalue weighted by molar-refractivity contribution is -0.161. The molecule has 0 radical (unpaired) electrons. The van der Waals surface area contributed by atoms with Crippen LogP contribution in [0.4, 0.5) is 0 Å². The summed E-state index contributed by atoms with van der Waals surface area (Å²) in [5, 5.41) is 10.5. The number of unbranched alkanes of at least 4 members (excludes halogenated alkanes) is 33. The van der Waals surface area contributed by atoms with Gasteiger partial charge < -0.3 is 33.8 Å². The monoisotopic (exact) mass is 1200 g/mol. The number of ether oxygens (including phenoxy) is 4. The smallest absolute Gasteiger partial charge is 0.462 e. The van der Waals surface area contributed by atoms with Crippen LogP contribution in [0.3, 0.4) is 0 Å². The van der Waals surface area contributed by atoms with Crippen LogP contribution in [0.2, 0.25) is 0 Å². The number of aliphatic hydroxyl groups excluding tert-OH is 1. The number of aliphatic hydroxyl groups is 1. The molecule has 17 nitrogen and oxygen atoms in total. The van der Waals surface area contributed by atoms with E-state index in [1.807, 2.05) is 0 Å². The highest BCUT2D eigenvalue weighted by Crippen LogP contribution is 2.45. The summed E-state index contributed by atoms with van der Waals surface area (Å²) < 4.78 is 67.7. The molecule has 0 rings (SSSR count). The lowest BCUT2D eigenvalue weighted by Crippen LogP contribution is -2.30. The van der Waals surface area contributed by atoms with E-state index < -0.39 is 97.5 Å². The number of hydrogen-bond acceptors (Lipinski definition) is 15. The SMILES string of the molecule is CCCCCCCCCCCCCCCCCCCC(=O)O[C@H](COC(=O)CCCCCCCCC(C)CC)COP(=O)(O)OC[C@@H](O)COP(=O)(O)OC[C@@H](COC(=O)CCCCCCC)OC(=O)CCCCCCCCCCC. The molecule has 0 heterocycles. The second-order valence-electron chi connectivity index (χ2n) is 22.7. The molecule has 19 heteroatoms. The van der Waals surface area contributed by atoms with Crippen LogP contribution in [0.1, 0.15) is 311 Å². The number of rotatable bonds is 62. The average Bonchev–Trinajstić information content (AvgIpc) is 3.44. The lowest BCUT2D eigenvalue weighted by Gasteiger charge is -2.21. The maximum atomic E-state index is 12.9. The van der Waals surface area contributed by atoms with E-state index in [9.17, 15) is 43.2 Å². The van der Waals surface area contributed by atoms with Crippen LogP contribution in [0.5, 0.6) is 0 Å². The third kappa shape index (κ3) is 55.7. The standard InChI is InChI=1S/C62H120O17P2/c1-6-10-13-16-18-20-21-22-23-24-25-26-27-29-31-38-43-48-62(67)79-58(52-73-60(65)46-41-36-33-32-35-39-44-55(5)9-4)54-77-81(70,71)75-50-56(63)49-74-80(68,69)76-53-57(51-72-59(64)45-40-34-15-12-8-3)78-61(66)47-42-37-30-28-19-17-14-11-7-2/h55-58,63H,6-54H2,1-5H3,(H,68,69)(H,70,71)/t55?,56-,57+,58+/m0/s1. The number of hydrogen-bond donors (Lipinski definition) is 3. The molecule has 0 aliphatic carbocycles. The van der Waals surface area contributed by atoms with Gasteiger partial charge in [-0.25, -0.2) is 9.13 Å². The number of phosphoric acid groups is 2. The van der Waals surface area contributed by atoms with Crippen molar-refractivity contribution in [1.82, 2.24) is 0 Å². The Kier molecular flexibility index (Phi) is 54.6. The van der Waals surface area contributed by atoms with Gasteiger partial charge in [0.25, 0.3) is 0 Å². The highest BCUT2D eigenvalue weighted by atomic mass is 31.2. The molecule has 480 valence electrons. The highest BCUT2D eigenvalue weighted by Gasteiger charge is 2.30. The zero-order valence-electron chi connectivity index (χ0n) is 51.9. The number of carbonyl (C=O) groups excluding carboxylic acids is 4. The lowest BCUT2D eigenvalue weighted by atomic mass is 10.00. The van der Waals surface area contributed by atoms with Gasteiger partial charge in [0, 0.05) is 25.7 Å². The minimum atomic E-state index is -4.94. The largest absolute Gasteiger partial charge is 0.472 e. The van der Waals surface area contributed by atoms with Crippen molar-refractivity contribution in [3.63, 3.8) is 0 Å². The van der Waals surface area contributed by atoms with E-state index in [0.29, 0.717) is 25.7 Å². The first kappa shape index (κ1) is 79.1. The summed E-state index contributed by atoms with van der Waals surface area (Å²) in [6, 6.07) is 0. The fourth-order valence-corrected chi connectivity index (χ4v) is 10.8. The Morgan fingerprint density at radius 2 is 0.593 bits per heavy atom. The van der Waals surface area contributed by atoms with Crippen LogP contribution in [-0.4, -0.2) is 96.7 Å². The third-order valence-corrected chi connectivity index (χ3v) is 16.5. The third-order valence-electron chi connectivity index (χ3n) is 14.6. The molecule has 3 N–H and O–H groups in total. The normalized spacial score (nSPS) is 14.6. The predicted molar refractivity (Wildman–Crippen MR) is 322 cm³/mol. The summed E-state index contributed by atoms with van der Waals surface area (Å²) in [6.45, 7) is 7.04. The van der Waals surface area contributed by atoms with E-state index in [0.717, 1.165) is 109 Å². The van der Waals surface area contributed by atoms with Gasteiger partial charge in [-0.15, -0.1) is 0 Å². The molecule has 0 spiro atoms. The number of esters is 4. The van der Waals surface area contributed by atoms with Crippen LogP contribution < -0.4 is 0 Å². The molecule has 0 bridgehead atoms. The number of phosphoric ester groups is 2. The molecule has 3 unspecified atom stereocenters. The van der Waals surface area contributed by atoms with Crippen molar-refractivity contribution in [3.8, 4) is 0 Å². The van der Waals surface area contributed by atoms with E-state index in [1.165, 1.54) is 122 Å². The van der Waals surface area contributed by atoms with Crippen LogP contribution in [0.15, 0.2) is 0 Å². The van der Waals surface area contributed by atoms with Gasteiger partial charge in [-0.05, 0) is 31.6 Å². The molecule has 0 saturated heterocycles. The molecule has 0 fully saturated rings. The molecule has 0 aliphatic rings. The van der Waals surface area contributed by atoms with Crippen LogP contribution in [-0.2, 0) is 65.4 Å². The van der Waals surface area contributed by atoms with Crippen molar-refractivity contribution in [1.29, 1.82) is 0 Å². The van der Waals surface area contributed by atoms with Crippen molar-refractivity contribution in [2.45, 2.75) is 329 Å². The summed E-state index contributed by atoms with van der Waals surface area (Å²) in [7, 11) is -9.87. The predicted octanol–water partition coefficient (Wildman–Crippen LogP) is 17.0. The van der Waals surface area contributed by atoms with Gasteiger partial charge in [0.2, 0.25) is 0 Å². The fourth-order valence-electron chi connectivity index (χ4n) is 9.20. The molecule has 0 aromatic carbocycles. The van der Waals surface area contributed by atoms with Crippen molar-refractivity contribution in [2.75, 3.05) is 39.6 Å². The second kappa shape index (κ2) is 55.9. The summed E-state index contributed by atoms with van der Waals surface area (Å²) in [6.07, 6.45) is 39.4. The Bertz CT molecular complexity index is 1590. The molecule has 0 aromatic rings. The first-order valence-electron chi connectivity index (χ1n) is 32.7. The van der Waals surface area contributed by atoms with Crippen LogP contribution in [0, 0.1) is 5.92 Å². The summed E-state index contributed by atoms with van der Waals surface area (Å²) >= 11 is 0. The van der Waals surface area contributed by atoms with Gasteiger partial charge in [0.15, 0.2) is 12.2 Å². The molecule has 0 aliphatic heterocycles. The van der Waals surface area contributed by atoms with Gasteiger partial charge in [-0.3, -0.25) is 37.3 Å². The second-order valence-corrected chi connectivity index (χ2v) is 25.6. The van der Waals surface area contributed by atoms with Crippen LogP contribution in [0.25, 0.3) is 0 Å². The van der Waals surface area contributed by atoms with Crippen molar-refractivity contribution in [3.05, 3.63) is 0 Å². The topological polar surface area (TPSA) is 237 Å². The summed E-state index contributed by atoms with van der Waals surface area (Å²) in [5.41, 5.74) is 0. The molecule has 81 heavy (non-hydrogen) atoms. The van der Waals surface area contributed by atoms with Crippen molar-refractivity contribution in [2.24, 2.45) is 5.92 Å². The van der Waals surface area contributed by atoms with Gasteiger partial charge in [-0.1, -0.05) is 259 Å². The molecular formula is C62H120O17P2. The zero-order chi connectivity index (χ0) is 59.9. The van der Waals surface area contributed by atoms with E-state index in [1.54, 1.807) is 0 Å². The Morgan fingerprint density at radius 3 is 0.877 bits per heavy atom. The molecule has 6 atom stereocenters. The first-order chi connectivity index (χ1) is 39.1. The van der Waals surface area contributed by atoms with E-state index in [4.69, 9.17) is 37.0 Å². The van der Waals surface area contributed by atoms with E-state index in [-0.39, 0.29) is 25.7 Å².